The Hall–Kier alpha value is -1.02. The van der Waals surface area contributed by atoms with Crippen LogP contribution < -0.4 is 0 Å². The number of aryl methyl sites for hydroxylation is 1. The van der Waals surface area contributed by atoms with Gasteiger partial charge in [0.25, 0.3) is 5.91 Å². The van der Waals surface area contributed by atoms with E-state index in [9.17, 15) is 4.79 Å². The Labute approximate surface area is 102 Å². The normalized spacial score (nSPS) is 12.2. The third-order valence-corrected chi connectivity index (χ3v) is 2.62. The quantitative estimate of drug-likeness (QED) is 0.740. The predicted molar refractivity (Wildman–Crippen MR) is 68.1 cm³/mol. The smallest absolute Gasteiger partial charge is 0.253 e. The molecule has 0 heterocycles. The SMILES string of the molecule is CCc1ccc(C(=O)N(C)CC(C)Cl)cc1. The summed E-state index contributed by atoms with van der Waals surface area (Å²) in [6.07, 6.45) is 0.989. The molecule has 0 aliphatic rings. The van der Waals surface area contributed by atoms with E-state index in [1.165, 1.54) is 5.56 Å². The minimum absolute atomic E-state index is 0.0233. The van der Waals surface area contributed by atoms with Crippen molar-refractivity contribution in [2.45, 2.75) is 25.6 Å². The summed E-state index contributed by atoms with van der Waals surface area (Å²) < 4.78 is 0. The van der Waals surface area contributed by atoms with E-state index in [0.29, 0.717) is 6.54 Å². The molecule has 0 aromatic heterocycles. The van der Waals surface area contributed by atoms with Crippen molar-refractivity contribution in [3.8, 4) is 0 Å². The Morgan fingerprint density at radius 1 is 1.38 bits per heavy atom. The molecule has 0 fully saturated rings. The Kier molecular flexibility index (Phi) is 4.81. The van der Waals surface area contributed by atoms with Gasteiger partial charge >= 0.3 is 0 Å². The van der Waals surface area contributed by atoms with Crippen molar-refractivity contribution in [2.75, 3.05) is 13.6 Å². The maximum absolute atomic E-state index is 11.9. The van der Waals surface area contributed by atoms with Gasteiger partial charge in [0.1, 0.15) is 0 Å². The van der Waals surface area contributed by atoms with Gasteiger partial charge in [-0.05, 0) is 31.0 Å². The molecular formula is C13H18ClNO. The average molecular weight is 240 g/mol. The second-order valence-corrected chi connectivity index (χ2v) is 4.76. The van der Waals surface area contributed by atoms with Crippen LogP contribution in [0.1, 0.15) is 29.8 Å². The van der Waals surface area contributed by atoms with E-state index in [-0.39, 0.29) is 11.3 Å². The summed E-state index contributed by atoms with van der Waals surface area (Å²) in [5.41, 5.74) is 1.96. The number of alkyl halides is 1. The number of benzene rings is 1. The summed E-state index contributed by atoms with van der Waals surface area (Å²) >= 11 is 5.86. The number of nitrogens with zero attached hydrogens (tertiary/aromatic N) is 1. The number of rotatable bonds is 4. The van der Waals surface area contributed by atoms with E-state index in [4.69, 9.17) is 11.6 Å². The molecule has 1 atom stereocenters. The van der Waals surface area contributed by atoms with Crippen molar-refractivity contribution in [2.24, 2.45) is 0 Å². The number of halogens is 1. The van der Waals surface area contributed by atoms with Gasteiger partial charge in [0.2, 0.25) is 0 Å². The zero-order valence-corrected chi connectivity index (χ0v) is 10.8. The van der Waals surface area contributed by atoms with Crippen molar-refractivity contribution in [1.82, 2.24) is 4.90 Å². The van der Waals surface area contributed by atoms with Gasteiger partial charge in [0.05, 0.1) is 0 Å². The second-order valence-electron chi connectivity index (χ2n) is 4.02. The summed E-state index contributed by atoms with van der Waals surface area (Å²) in [6.45, 7) is 4.54. The Bertz CT molecular complexity index is 345. The number of carbonyl (C=O) groups excluding carboxylic acids is 1. The number of carbonyl (C=O) groups is 1. The molecule has 0 aliphatic heterocycles. The zero-order chi connectivity index (χ0) is 12.1. The fourth-order valence-electron chi connectivity index (χ4n) is 1.56. The molecule has 0 saturated carbocycles. The van der Waals surface area contributed by atoms with E-state index < -0.39 is 0 Å². The van der Waals surface area contributed by atoms with Crippen LogP contribution in [0.2, 0.25) is 0 Å². The van der Waals surface area contributed by atoms with Crippen LogP contribution in [-0.2, 0) is 6.42 Å². The van der Waals surface area contributed by atoms with E-state index in [2.05, 4.69) is 6.92 Å². The average Bonchev–Trinajstić information content (AvgIpc) is 2.27. The molecule has 0 radical (unpaired) electrons. The molecule has 0 N–H and O–H groups in total. The van der Waals surface area contributed by atoms with Gasteiger partial charge in [0.15, 0.2) is 0 Å². The van der Waals surface area contributed by atoms with Crippen LogP contribution >= 0.6 is 11.6 Å². The summed E-state index contributed by atoms with van der Waals surface area (Å²) in [6, 6.07) is 7.73. The molecule has 0 bridgehead atoms. The van der Waals surface area contributed by atoms with Crippen molar-refractivity contribution < 1.29 is 4.79 Å². The van der Waals surface area contributed by atoms with Gasteiger partial charge < -0.3 is 4.90 Å². The van der Waals surface area contributed by atoms with Gasteiger partial charge in [-0.2, -0.15) is 0 Å². The summed E-state index contributed by atoms with van der Waals surface area (Å²) in [5.74, 6) is 0.0233. The van der Waals surface area contributed by atoms with Crippen LogP contribution in [-0.4, -0.2) is 29.8 Å². The van der Waals surface area contributed by atoms with Crippen LogP contribution in [0.4, 0.5) is 0 Å². The molecule has 0 aliphatic carbocycles. The van der Waals surface area contributed by atoms with Gasteiger partial charge in [-0.1, -0.05) is 19.1 Å². The summed E-state index contributed by atoms with van der Waals surface area (Å²) in [4.78, 5) is 13.6. The lowest BCUT2D eigenvalue weighted by Crippen LogP contribution is -2.31. The van der Waals surface area contributed by atoms with E-state index >= 15 is 0 Å². The monoisotopic (exact) mass is 239 g/mol. The van der Waals surface area contributed by atoms with Crippen molar-refractivity contribution >= 4 is 17.5 Å². The molecule has 1 amide bonds. The summed E-state index contributed by atoms with van der Waals surface area (Å²) in [5, 5.41) is -0.0242. The molecule has 0 saturated heterocycles. The largest absolute Gasteiger partial charge is 0.340 e. The lowest BCUT2D eigenvalue weighted by molar-refractivity contribution is 0.0796. The van der Waals surface area contributed by atoms with E-state index in [0.717, 1.165) is 12.0 Å². The fourth-order valence-corrected chi connectivity index (χ4v) is 1.77. The molecule has 2 nitrogen and oxygen atoms in total. The lowest BCUT2D eigenvalue weighted by Gasteiger charge is -2.18. The molecule has 1 aromatic rings. The maximum atomic E-state index is 11.9. The standard InChI is InChI=1S/C13H18ClNO/c1-4-11-5-7-12(8-6-11)13(16)15(3)9-10(2)14/h5-8,10H,4,9H2,1-3H3. The van der Waals surface area contributed by atoms with Crippen LogP contribution in [0, 0.1) is 0 Å². The van der Waals surface area contributed by atoms with E-state index in [1.54, 1.807) is 11.9 Å². The summed E-state index contributed by atoms with van der Waals surface area (Å²) in [7, 11) is 1.77. The highest BCUT2D eigenvalue weighted by Gasteiger charge is 2.12. The Morgan fingerprint density at radius 2 is 1.94 bits per heavy atom. The molecule has 16 heavy (non-hydrogen) atoms. The predicted octanol–water partition coefficient (Wildman–Crippen LogP) is 2.95. The van der Waals surface area contributed by atoms with Crippen LogP contribution in [0.15, 0.2) is 24.3 Å². The first-order valence-corrected chi connectivity index (χ1v) is 5.96. The topological polar surface area (TPSA) is 20.3 Å². The van der Waals surface area contributed by atoms with Gasteiger partial charge in [-0.3, -0.25) is 4.79 Å². The molecule has 1 rings (SSSR count). The third kappa shape index (κ3) is 3.53. The molecule has 1 aromatic carbocycles. The lowest BCUT2D eigenvalue weighted by atomic mass is 10.1. The number of hydrogen-bond acceptors (Lipinski definition) is 1. The van der Waals surface area contributed by atoms with E-state index in [1.807, 2.05) is 31.2 Å². The molecule has 88 valence electrons. The Balaban J connectivity index is 2.72. The number of amides is 1. The molecule has 1 unspecified atom stereocenters. The molecular weight excluding hydrogens is 222 g/mol. The second kappa shape index (κ2) is 5.90. The first-order valence-electron chi connectivity index (χ1n) is 5.53. The Morgan fingerprint density at radius 3 is 2.38 bits per heavy atom. The van der Waals surface area contributed by atoms with Crippen LogP contribution in [0.5, 0.6) is 0 Å². The van der Waals surface area contributed by atoms with Crippen molar-refractivity contribution in [3.63, 3.8) is 0 Å². The zero-order valence-electron chi connectivity index (χ0n) is 10.0. The van der Waals surface area contributed by atoms with Gasteiger partial charge in [-0.25, -0.2) is 0 Å². The highest BCUT2D eigenvalue weighted by Crippen LogP contribution is 2.08. The van der Waals surface area contributed by atoms with Crippen LogP contribution in [0.3, 0.4) is 0 Å². The minimum Gasteiger partial charge on any atom is -0.340 e. The molecule has 0 spiro atoms. The minimum atomic E-state index is -0.0242. The third-order valence-electron chi connectivity index (χ3n) is 2.48. The van der Waals surface area contributed by atoms with Crippen molar-refractivity contribution in [3.05, 3.63) is 35.4 Å². The maximum Gasteiger partial charge on any atom is 0.253 e. The first kappa shape index (κ1) is 13.0. The highest BCUT2D eigenvalue weighted by molar-refractivity contribution is 6.20. The van der Waals surface area contributed by atoms with Crippen molar-refractivity contribution in [1.29, 1.82) is 0 Å². The highest BCUT2D eigenvalue weighted by atomic mass is 35.5. The van der Waals surface area contributed by atoms with Crippen LogP contribution in [0.25, 0.3) is 0 Å². The fraction of sp³-hybridized carbons (Fsp3) is 0.462. The first-order chi connectivity index (χ1) is 7.54. The van der Waals surface area contributed by atoms with Gasteiger partial charge in [-0.15, -0.1) is 11.6 Å². The van der Waals surface area contributed by atoms with Gasteiger partial charge in [0, 0.05) is 24.5 Å². The number of hydrogen-bond donors (Lipinski definition) is 0. The molecule has 3 heteroatoms.